The van der Waals surface area contributed by atoms with Crippen molar-refractivity contribution in [3.63, 3.8) is 0 Å². The van der Waals surface area contributed by atoms with E-state index in [1.165, 1.54) is 0 Å². The summed E-state index contributed by atoms with van der Waals surface area (Å²) in [6.07, 6.45) is 7.64. The molecule has 4 heterocycles. The third-order valence-electron chi connectivity index (χ3n) is 7.11. The molecule has 0 radical (unpaired) electrons. The zero-order valence-electron chi connectivity index (χ0n) is 22.2. The van der Waals surface area contributed by atoms with Crippen LogP contribution in [0.1, 0.15) is 53.0 Å². The highest BCUT2D eigenvalue weighted by Gasteiger charge is 2.30. The second-order valence-electron chi connectivity index (χ2n) is 11.2. The van der Waals surface area contributed by atoms with E-state index in [9.17, 15) is 9.59 Å². The Hall–Kier alpha value is -3.56. The zero-order valence-corrected chi connectivity index (χ0v) is 22.2. The highest BCUT2D eigenvalue weighted by atomic mass is 16.6. The molecule has 1 N–H and O–H groups in total. The quantitative estimate of drug-likeness (QED) is 0.561. The molecule has 0 bridgehead atoms. The van der Waals surface area contributed by atoms with E-state index in [0.29, 0.717) is 26.1 Å². The first-order chi connectivity index (χ1) is 17.6. The van der Waals surface area contributed by atoms with E-state index in [2.05, 4.69) is 27.8 Å². The molecular weight excluding hydrogens is 472 g/mol. The van der Waals surface area contributed by atoms with Gasteiger partial charge in [0.15, 0.2) is 0 Å². The van der Waals surface area contributed by atoms with Crippen LogP contribution in [0.25, 0.3) is 22.0 Å². The summed E-state index contributed by atoms with van der Waals surface area (Å²) in [7, 11) is 1.90. The fraction of sp³-hybridized carbons (Fsp3) is 0.556. The van der Waals surface area contributed by atoms with E-state index in [-0.39, 0.29) is 30.1 Å². The molecule has 5 rings (SSSR count). The van der Waals surface area contributed by atoms with Gasteiger partial charge in [-0.2, -0.15) is 10.2 Å². The van der Waals surface area contributed by atoms with Crippen LogP contribution in [0.15, 0.2) is 30.7 Å². The van der Waals surface area contributed by atoms with Gasteiger partial charge in [-0.1, -0.05) is 0 Å². The average molecular weight is 509 g/mol. The lowest BCUT2D eigenvalue weighted by Crippen LogP contribution is -2.42. The van der Waals surface area contributed by atoms with Gasteiger partial charge in [-0.15, -0.1) is 0 Å². The van der Waals surface area contributed by atoms with E-state index < -0.39 is 5.60 Å². The Morgan fingerprint density at radius 2 is 1.92 bits per heavy atom. The summed E-state index contributed by atoms with van der Waals surface area (Å²) in [6, 6.07) is 4.31. The van der Waals surface area contributed by atoms with Gasteiger partial charge >= 0.3 is 6.09 Å². The lowest BCUT2D eigenvalue weighted by atomic mass is 10.0. The van der Waals surface area contributed by atoms with Gasteiger partial charge in [0.1, 0.15) is 17.5 Å². The molecule has 0 aliphatic carbocycles. The van der Waals surface area contributed by atoms with Crippen molar-refractivity contribution in [2.24, 2.45) is 13.0 Å². The number of hydrogen-bond acceptors (Lipinski definition) is 6. The number of hydrogen-bond donors (Lipinski definition) is 1. The third-order valence-corrected chi connectivity index (χ3v) is 7.11. The number of carbonyl (C=O) groups excluding carboxylic acids is 2. The molecule has 198 valence electrons. The number of carbonyl (C=O) groups is 2. The number of likely N-dealkylation sites (tertiary alicyclic amines) is 1. The minimum atomic E-state index is -0.495. The first kappa shape index (κ1) is 25.1. The topological polar surface area (TPSA) is 104 Å². The molecule has 3 aromatic rings. The number of piperidine rings is 1. The maximum absolute atomic E-state index is 12.4. The van der Waals surface area contributed by atoms with E-state index in [1.807, 2.05) is 57.9 Å². The standard InChI is InChI=1S/C27H36N6O4/c1-17(19-12-25(34)28-13-19)36-24-11-18(10-23-22(24)16-31(5)30-23)20-14-29-33(15-20)21-6-8-32(9-7-21)26(35)37-27(2,3)4/h10-11,14-17,19,21H,6-9,12-13H2,1-5H3,(H,28,34)/t17-,19-/m1/s1. The SMILES string of the molecule is C[C@@H](Oc1cc(-c2cnn(C3CCN(C(=O)OC(C)(C)C)CC3)c2)cc2nn(C)cc12)[C@H]1CNC(=O)C1. The number of ether oxygens (including phenoxy) is 2. The second-order valence-corrected chi connectivity index (χ2v) is 11.2. The molecule has 2 aliphatic heterocycles. The van der Waals surface area contributed by atoms with Gasteiger partial charge in [-0.3, -0.25) is 14.2 Å². The Kier molecular flexibility index (Phi) is 6.59. The predicted octanol–water partition coefficient (Wildman–Crippen LogP) is 3.91. The molecule has 2 aliphatic rings. The van der Waals surface area contributed by atoms with Crippen molar-refractivity contribution in [2.75, 3.05) is 19.6 Å². The summed E-state index contributed by atoms with van der Waals surface area (Å²) in [6.45, 7) is 9.59. The highest BCUT2D eigenvalue weighted by Crippen LogP contribution is 2.34. The van der Waals surface area contributed by atoms with Gasteiger partial charge in [0.25, 0.3) is 0 Å². The molecule has 0 spiro atoms. The molecular formula is C27H36N6O4. The van der Waals surface area contributed by atoms with Crippen LogP contribution in [-0.2, 0) is 16.6 Å². The van der Waals surface area contributed by atoms with Gasteiger partial charge in [0.05, 0.1) is 23.1 Å². The largest absolute Gasteiger partial charge is 0.490 e. The van der Waals surface area contributed by atoms with Gasteiger partial charge < -0.3 is 19.7 Å². The number of benzene rings is 1. The predicted molar refractivity (Wildman–Crippen MR) is 139 cm³/mol. The zero-order chi connectivity index (χ0) is 26.3. The Bertz CT molecular complexity index is 1300. The molecule has 10 nitrogen and oxygen atoms in total. The van der Waals surface area contributed by atoms with Crippen LogP contribution in [0.3, 0.4) is 0 Å². The molecule has 1 aromatic carbocycles. The summed E-state index contributed by atoms with van der Waals surface area (Å²) in [5.41, 5.74) is 2.32. The molecule has 2 saturated heterocycles. The van der Waals surface area contributed by atoms with Gasteiger partial charge in [0, 0.05) is 57.0 Å². The Morgan fingerprint density at radius 3 is 2.59 bits per heavy atom. The fourth-order valence-corrected chi connectivity index (χ4v) is 5.06. The fourth-order valence-electron chi connectivity index (χ4n) is 5.06. The van der Waals surface area contributed by atoms with Gasteiger partial charge in [0.2, 0.25) is 5.91 Å². The minimum absolute atomic E-state index is 0.0741. The first-order valence-electron chi connectivity index (χ1n) is 13.0. The lowest BCUT2D eigenvalue weighted by molar-refractivity contribution is -0.119. The molecule has 2 amide bonds. The van der Waals surface area contributed by atoms with Crippen molar-refractivity contribution in [3.05, 3.63) is 30.7 Å². The van der Waals surface area contributed by atoms with Crippen LogP contribution in [0.5, 0.6) is 5.75 Å². The number of nitrogens with zero attached hydrogens (tertiary/aromatic N) is 5. The molecule has 2 atom stereocenters. The average Bonchev–Trinajstić information content (AvgIpc) is 3.57. The minimum Gasteiger partial charge on any atom is -0.490 e. The summed E-state index contributed by atoms with van der Waals surface area (Å²) in [5, 5.41) is 13.1. The summed E-state index contributed by atoms with van der Waals surface area (Å²) in [5.74, 6) is 0.966. The van der Waals surface area contributed by atoms with Gasteiger partial charge in [-0.25, -0.2) is 4.79 Å². The molecule has 37 heavy (non-hydrogen) atoms. The van der Waals surface area contributed by atoms with E-state index >= 15 is 0 Å². The summed E-state index contributed by atoms with van der Waals surface area (Å²) >= 11 is 0. The summed E-state index contributed by atoms with van der Waals surface area (Å²) < 4.78 is 15.7. The van der Waals surface area contributed by atoms with Crippen LogP contribution < -0.4 is 10.1 Å². The number of nitrogens with one attached hydrogen (secondary N) is 1. The maximum atomic E-state index is 12.4. The first-order valence-corrected chi connectivity index (χ1v) is 13.0. The maximum Gasteiger partial charge on any atom is 0.410 e. The Balaban J connectivity index is 1.32. The molecule has 10 heteroatoms. The monoisotopic (exact) mass is 508 g/mol. The van der Waals surface area contributed by atoms with Crippen LogP contribution in [0, 0.1) is 5.92 Å². The Morgan fingerprint density at radius 1 is 1.16 bits per heavy atom. The smallest absolute Gasteiger partial charge is 0.410 e. The molecule has 2 fully saturated rings. The lowest BCUT2D eigenvalue weighted by Gasteiger charge is -2.33. The third kappa shape index (κ3) is 5.57. The van der Waals surface area contributed by atoms with E-state index in [4.69, 9.17) is 9.47 Å². The van der Waals surface area contributed by atoms with Crippen LogP contribution in [0.4, 0.5) is 4.79 Å². The van der Waals surface area contributed by atoms with Crippen molar-refractivity contribution in [3.8, 4) is 16.9 Å². The van der Waals surface area contributed by atoms with Crippen molar-refractivity contribution in [2.45, 2.75) is 64.7 Å². The van der Waals surface area contributed by atoms with Crippen molar-refractivity contribution < 1.29 is 19.1 Å². The normalized spacial score (nSPS) is 19.8. The molecule has 2 aromatic heterocycles. The van der Waals surface area contributed by atoms with Crippen LogP contribution in [0.2, 0.25) is 0 Å². The number of aryl methyl sites for hydroxylation is 1. The molecule has 0 unspecified atom stereocenters. The number of fused-ring (bicyclic) bond motifs is 1. The van der Waals surface area contributed by atoms with Crippen molar-refractivity contribution in [1.82, 2.24) is 29.8 Å². The van der Waals surface area contributed by atoms with E-state index in [1.54, 1.807) is 9.58 Å². The second kappa shape index (κ2) is 9.72. The number of amides is 2. The summed E-state index contributed by atoms with van der Waals surface area (Å²) in [4.78, 5) is 25.9. The van der Waals surface area contributed by atoms with Crippen LogP contribution in [-0.4, -0.2) is 67.8 Å². The molecule has 0 saturated carbocycles. The van der Waals surface area contributed by atoms with Crippen LogP contribution >= 0.6 is 0 Å². The number of rotatable bonds is 5. The number of aromatic nitrogens is 4. The van der Waals surface area contributed by atoms with Crippen molar-refractivity contribution in [1.29, 1.82) is 0 Å². The van der Waals surface area contributed by atoms with Crippen molar-refractivity contribution >= 4 is 22.9 Å². The Labute approximate surface area is 216 Å². The van der Waals surface area contributed by atoms with E-state index in [0.717, 1.165) is 40.6 Å². The van der Waals surface area contributed by atoms with Gasteiger partial charge in [-0.05, 0) is 58.2 Å². The highest BCUT2D eigenvalue weighted by molar-refractivity contribution is 5.89.